The third-order valence-corrected chi connectivity index (χ3v) is 3.77. The van der Waals surface area contributed by atoms with Gasteiger partial charge in [0.2, 0.25) is 0 Å². The van der Waals surface area contributed by atoms with Gasteiger partial charge in [-0.15, -0.1) is 0 Å². The van der Waals surface area contributed by atoms with Crippen molar-refractivity contribution in [1.29, 1.82) is 0 Å². The number of nitrogens with one attached hydrogen (secondary N) is 1. The predicted octanol–water partition coefficient (Wildman–Crippen LogP) is 4.64. The molecule has 3 nitrogen and oxygen atoms in total. The molecular formula is C15H12BrClFNO2. The summed E-state index contributed by atoms with van der Waals surface area (Å²) in [5, 5.41) is 3.42. The summed E-state index contributed by atoms with van der Waals surface area (Å²) in [4.78, 5) is 11.3. The molecule has 0 unspecified atom stereocenters. The van der Waals surface area contributed by atoms with Crippen LogP contribution in [0.15, 0.2) is 40.9 Å². The van der Waals surface area contributed by atoms with Gasteiger partial charge in [-0.05, 0) is 45.8 Å². The van der Waals surface area contributed by atoms with Gasteiger partial charge in [-0.2, -0.15) is 0 Å². The molecule has 0 bridgehead atoms. The maximum Gasteiger partial charge on any atom is 0.337 e. The summed E-state index contributed by atoms with van der Waals surface area (Å²) in [7, 11) is 1.34. The smallest absolute Gasteiger partial charge is 0.337 e. The lowest BCUT2D eigenvalue weighted by molar-refractivity contribution is 0.0600. The second-order valence-electron chi connectivity index (χ2n) is 4.29. The SMILES string of the molecule is COC(=O)c1ccc(CNc2c(Cl)cc(F)cc2Br)cc1. The van der Waals surface area contributed by atoms with E-state index in [0.717, 1.165) is 5.56 Å². The number of carbonyl (C=O) groups excluding carboxylic acids is 1. The Balaban J connectivity index is 2.08. The molecule has 0 aliphatic carbocycles. The molecule has 2 aromatic rings. The van der Waals surface area contributed by atoms with Crippen LogP contribution in [0.3, 0.4) is 0 Å². The van der Waals surface area contributed by atoms with Crippen molar-refractivity contribution in [3.63, 3.8) is 0 Å². The first-order valence-corrected chi connectivity index (χ1v) is 7.24. The second kappa shape index (κ2) is 6.91. The van der Waals surface area contributed by atoms with Crippen LogP contribution in [0, 0.1) is 5.82 Å². The van der Waals surface area contributed by atoms with Crippen LogP contribution in [0.4, 0.5) is 10.1 Å². The van der Waals surface area contributed by atoms with Crippen molar-refractivity contribution in [2.45, 2.75) is 6.54 Å². The van der Waals surface area contributed by atoms with Crippen LogP contribution in [0.5, 0.6) is 0 Å². The topological polar surface area (TPSA) is 38.3 Å². The first-order valence-electron chi connectivity index (χ1n) is 6.07. The Labute approximate surface area is 135 Å². The molecule has 0 saturated heterocycles. The Morgan fingerprint density at radius 1 is 1.33 bits per heavy atom. The summed E-state index contributed by atoms with van der Waals surface area (Å²) in [6.07, 6.45) is 0. The zero-order valence-corrected chi connectivity index (χ0v) is 13.5. The van der Waals surface area contributed by atoms with Crippen LogP contribution in [-0.2, 0) is 11.3 Å². The quantitative estimate of drug-likeness (QED) is 0.795. The molecule has 0 aromatic heterocycles. The minimum absolute atomic E-state index is 0.299. The number of anilines is 1. The van der Waals surface area contributed by atoms with Crippen LogP contribution in [0.2, 0.25) is 5.02 Å². The van der Waals surface area contributed by atoms with Crippen LogP contribution in [0.25, 0.3) is 0 Å². The van der Waals surface area contributed by atoms with E-state index >= 15 is 0 Å². The van der Waals surface area contributed by atoms with Crippen molar-refractivity contribution >= 4 is 39.2 Å². The Kier molecular flexibility index (Phi) is 5.20. The van der Waals surface area contributed by atoms with E-state index in [0.29, 0.717) is 27.3 Å². The van der Waals surface area contributed by atoms with E-state index in [2.05, 4.69) is 26.0 Å². The number of methoxy groups -OCH3 is 1. The zero-order valence-electron chi connectivity index (χ0n) is 11.1. The van der Waals surface area contributed by atoms with Crippen LogP contribution in [-0.4, -0.2) is 13.1 Å². The van der Waals surface area contributed by atoms with Crippen LogP contribution >= 0.6 is 27.5 Å². The highest BCUT2D eigenvalue weighted by Crippen LogP contribution is 2.32. The number of hydrogen-bond donors (Lipinski definition) is 1. The molecule has 0 aliphatic rings. The molecule has 110 valence electrons. The predicted molar refractivity (Wildman–Crippen MR) is 84.2 cm³/mol. The first-order chi connectivity index (χ1) is 10.0. The summed E-state index contributed by atoms with van der Waals surface area (Å²) in [5.74, 6) is -0.779. The highest BCUT2D eigenvalue weighted by atomic mass is 79.9. The zero-order chi connectivity index (χ0) is 15.4. The lowest BCUT2D eigenvalue weighted by Gasteiger charge is -2.11. The van der Waals surface area contributed by atoms with E-state index in [1.54, 1.807) is 12.1 Å². The van der Waals surface area contributed by atoms with Gasteiger partial charge in [-0.1, -0.05) is 23.7 Å². The minimum atomic E-state index is -0.403. The van der Waals surface area contributed by atoms with Gasteiger partial charge in [0.25, 0.3) is 0 Å². The number of esters is 1. The number of carbonyl (C=O) groups is 1. The van der Waals surface area contributed by atoms with E-state index < -0.39 is 5.82 Å². The minimum Gasteiger partial charge on any atom is -0.465 e. The van der Waals surface area contributed by atoms with E-state index in [4.69, 9.17) is 11.6 Å². The Morgan fingerprint density at radius 3 is 2.57 bits per heavy atom. The lowest BCUT2D eigenvalue weighted by Crippen LogP contribution is -2.03. The molecule has 2 aromatic carbocycles. The van der Waals surface area contributed by atoms with E-state index in [1.165, 1.54) is 19.2 Å². The van der Waals surface area contributed by atoms with Gasteiger partial charge in [0, 0.05) is 11.0 Å². The maximum atomic E-state index is 13.1. The molecule has 1 N–H and O–H groups in total. The summed E-state index contributed by atoms with van der Waals surface area (Å²) in [6, 6.07) is 9.58. The molecule has 0 atom stereocenters. The maximum absolute atomic E-state index is 13.1. The molecule has 0 amide bonds. The molecule has 21 heavy (non-hydrogen) atoms. The molecule has 6 heteroatoms. The largest absolute Gasteiger partial charge is 0.465 e. The number of rotatable bonds is 4. The molecular weight excluding hydrogens is 361 g/mol. The summed E-state index contributed by atoms with van der Waals surface area (Å²) >= 11 is 9.26. The van der Waals surface area contributed by atoms with Crippen molar-refractivity contribution in [3.8, 4) is 0 Å². The van der Waals surface area contributed by atoms with Crippen molar-refractivity contribution in [3.05, 3.63) is 62.8 Å². The van der Waals surface area contributed by atoms with Crippen LogP contribution in [0.1, 0.15) is 15.9 Å². The van der Waals surface area contributed by atoms with Gasteiger partial charge < -0.3 is 10.1 Å². The molecule has 0 heterocycles. The van der Waals surface area contributed by atoms with Gasteiger partial charge >= 0.3 is 5.97 Å². The van der Waals surface area contributed by atoms with Gasteiger partial charge in [0.05, 0.1) is 23.4 Å². The molecule has 0 fully saturated rings. The third-order valence-electron chi connectivity index (χ3n) is 2.85. The summed E-state index contributed by atoms with van der Waals surface area (Å²) in [6.45, 7) is 0.491. The average molecular weight is 373 g/mol. The fraction of sp³-hybridized carbons (Fsp3) is 0.133. The number of ether oxygens (including phenoxy) is 1. The number of benzene rings is 2. The van der Waals surface area contributed by atoms with Gasteiger partial charge in [0.1, 0.15) is 5.82 Å². The normalized spacial score (nSPS) is 10.3. The Morgan fingerprint density at radius 2 is 2.00 bits per heavy atom. The van der Waals surface area contributed by atoms with Crippen molar-refractivity contribution in [2.75, 3.05) is 12.4 Å². The third kappa shape index (κ3) is 3.95. The van der Waals surface area contributed by atoms with Gasteiger partial charge in [-0.3, -0.25) is 0 Å². The average Bonchev–Trinajstić information content (AvgIpc) is 2.46. The van der Waals surface area contributed by atoms with Gasteiger partial charge in [0.15, 0.2) is 0 Å². The van der Waals surface area contributed by atoms with Gasteiger partial charge in [-0.25, -0.2) is 9.18 Å². The highest BCUT2D eigenvalue weighted by molar-refractivity contribution is 9.10. The van der Waals surface area contributed by atoms with Crippen molar-refractivity contribution in [2.24, 2.45) is 0 Å². The van der Waals surface area contributed by atoms with Crippen molar-refractivity contribution in [1.82, 2.24) is 0 Å². The van der Waals surface area contributed by atoms with E-state index in [1.807, 2.05) is 12.1 Å². The van der Waals surface area contributed by atoms with E-state index in [9.17, 15) is 9.18 Å². The number of hydrogen-bond acceptors (Lipinski definition) is 3. The second-order valence-corrected chi connectivity index (χ2v) is 5.55. The summed E-state index contributed by atoms with van der Waals surface area (Å²) < 4.78 is 18.3. The van der Waals surface area contributed by atoms with E-state index in [-0.39, 0.29) is 5.97 Å². The fourth-order valence-corrected chi connectivity index (χ4v) is 2.74. The molecule has 0 aliphatic heterocycles. The monoisotopic (exact) mass is 371 g/mol. The molecule has 0 spiro atoms. The Hall–Kier alpha value is -1.59. The Bertz CT molecular complexity index is 638. The lowest BCUT2D eigenvalue weighted by atomic mass is 10.1. The first kappa shape index (κ1) is 15.8. The number of halogens is 3. The highest BCUT2D eigenvalue weighted by Gasteiger charge is 2.08. The van der Waals surface area contributed by atoms with Crippen LogP contribution < -0.4 is 5.32 Å². The van der Waals surface area contributed by atoms with Crippen molar-refractivity contribution < 1.29 is 13.9 Å². The molecule has 0 radical (unpaired) electrons. The standard InChI is InChI=1S/C15H12BrClFNO2/c1-21-15(20)10-4-2-9(3-5-10)8-19-14-12(16)6-11(18)7-13(14)17/h2-7,19H,8H2,1H3. The summed E-state index contributed by atoms with van der Waals surface area (Å²) in [5.41, 5.74) is 2.06. The molecule has 2 rings (SSSR count). The fourth-order valence-electron chi connectivity index (χ4n) is 1.78. The molecule has 0 saturated carbocycles.